The van der Waals surface area contributed by atoms with Gasteiger partial charge in [0.2, 0.25) is 0 Å². The van der Waals surface area contributed by atoms with Crippen molar-refractivity contribution in [2.24, 2.45) is 5.92 Å². The van der Waals surface area contributed by atoms with E-state index < -0.39 is 5.97 Å². The number of aliphatic carboxylic acids is 1. The summed E-state index contributed by atoms with van der Waals surface area (Å²) in [5, 5.41) is 9.44. The Hall–Kier alpha value is -1.13. The fourth-order valence-corrected chi connectivity index (χ4v) is 3.04. The smallest absolute Gasteiger partial charge is 0.303 e. The number of halogens is 2. The second-order valence-electron chi connectivity index (χ2n) is 5.53. The van der Waals surface area contributed by atoms with Gasteiger partial charge in [-0.3, -0.25) is 9.69 Å². The van der Waals surface area contributed by atoms with Crippen molar-refractivity contribution in [1.29, 1.82) is 0 Å². The first-order valence-electron chi connectivity index (χ1n) is 6.84. The maximum Gasteiger partial charge on any atom is 0.303 e. The molecule has 1 atom stereocenters. The summed E-state index contributed by atoms with van der Waals surface area (Å²) in [6.07, 6.45) is 2.12. The van der Waals surface area contributed by atoms with Gasteiger partial charge in [0.25, 0.3) is 0 Å². The largest absolute Gasteiger partial charge is 0.481 e. The van der Waals surface area contributed by atoms with Crippen molar-refractivity contribution in [2.75, 3.05) is 13.1 Å². The standard InChI is InChI=1S/C15H19ClFNO2/c1-10-5-13(16)12(7-14(10)17)9-18-4-2-3-11(8-18)6-15(19)20/h5,7,11H,2-4,6,8-9H2,1H3,(H,19,20). The lowest BCUT2D eigenvalue weighted by Gasteiger charge is -2.32. The Morgan fingerprint density at radius 2 is 2.30 bits per heavy atom. The number of rotatable bonds is 4. The summed E-state index contributed by atoms with van der Waals surface area (Å²) in [7, 11) is 0. The molecule has 1 fully saturated rings. The maximum atomic E-state index is 13.6. The second kappa shape index (κ2) is 6.55. The van der Waals surface area contributed by atoms with E-state index >= 15 is 0 Å². The molecule has 1 aliphatic heterocycles. The molecule has 3 nitrogen and oxygen atoms in total. The minimum absolute atomic E-state index is 0.176. The molecule has 1 aromatic carbocycles. The zero-order valence-corrected chi connectivity index (χ0v) is 12.3. The van der Waals surface area contributed by atoms with Crippen LogP contribution < -0.4 is 0 Å². The lowest BCUT2D eigenvalue weighted by Crippen LogP contribution is -2.35. The van der Waals surface area contributed by atoms with Gasteiger partial charge in [0, 0.05) is 24.5 Å². The van der Waals surface area contributed by atoms with Crippen molar-refractivity contribution >= 4 is 17.6 Å². The van der Waals surface area contributed by atoms with Crippen molar-refractivity contribution < 1.29 is 14.3 Å². The van der Waals surface area contributed by atoms with Gasteiger partial charge in [-0.25, -0.2) is 4.39 Å². The van der Waals surface area contributed by atoms with Crippen LogP contribution in [-0.4, -0.2) is 29.1 Å². The van der Waals surface area contributed by atoms with Gasteiger partial charge in [0.05, 0.1) is 0 Å². The van der Waals surface area contributed by atoms with Gasteiger partial charge < -0.3 is 5.11 Å². The molecule has 0 saturated carbocycles. The summed E-state index contributed by atoms with van der Waals surface area (Å²) in [5.74, 6) is -0.824. The minimum Gasteiger partial charge on any atom is -0.481 e. The third kappa shape index (κ3) is 3.93. The number of aryl methyl sites for hydroxylation is 1. The van der Waals surface area contributed by atoms with Crippen molar-refractivity contribution in [1.82, 2.24) is 4.90 Å². The number of carboxylic acids is 1. The average Bonchev–Trinajstić information content (AvgIpc) is 2.35. The number of carboxylic acid groups (broad SMARTS) is 1. The molecular formula is C15H19ClFNO2. The van der Waals surface area contributed by atoms with Crippen LogP contribution in [0.2, 0.25) is 5.02 Å². The average molecular weight is 300 g/mol. The fourth-order valence-electron chi connectivity index (χ4n) is 2.76. The topological polar surface area (TPSA) is 40.5 Å². The summed E-state index contributed by atoms with van der Waals surface area (Å²) in [4.78, 5) is 12.9. The SMILES string of the molecule is Cc1cc(Cl)c(CN2CCCC(CC(=O)O)C2)cc1F. The molecule has 0 radical (unpaired) electrons. The van der Waals surface area contributed by atoms with Crippen LogP contribution in [0.1, 0.15) is 30.4 Å². The summed E-state index contributed by atoms with van der Waals surface area (Å²) in [6.45, 7) is 3.90. The van der Waals surface area contributed by atoms with E-state index in [0.29, 0.717) is 17.1 Å². The van der Waals surface area contributed by atoms with Crippen molar-refractivity contribution in [3.05, 3.63) is 34.1 Å². The molecule has 1 aromatic rings. The number of hydrogen-bond acceptors (Lipinski definition) is 2. The molecule has 1 heterocycles. The Labute approximate surface area is 123 Å². The Bertz CT molecular complexity index is 507. The van der Waals surface area contributed by atoms with Crippen LogP contribution in [0.3, 0.4) is 0 Å². The molecule has 0 spiro atoms. The van der Waals surface area contributed by atoms with E-state index in [0.717, 1.165) is 31.5 Å². The van der Waals surface area contributed by atoms with Crippen LogP contribution in [0, 0.1) is 18.7 Å². The van der Waals surface area contributed by atoms with Crippen molar-refractivity contribution in [2.45, 2.75) is 32.7 Å². The molecule has 1 unspecified atom stereocenters. The normalized spacial score (nSPS) is 20.1. The van der Waals surface area contributed by atoms with Gasteiger partial charge in [-0.2, -0.15) is 0 Å². The molecule has 2 rings (SSSR count). The zero-order valence-electron chi connectivity index (χ0n) is 11.5. The van der Waals surface area contributed by atoms with E-state index in [1.54, 1.807) is 13.0 Å². The zero-order chi connectivity index (χ0) is 14.7. The van der Waals surface area contributed by atoms with Crippen LogP contribution >= 0.6 is 11.6 Å². The number of piperidine rings is 1. The van der Waals surface area contributed by atoms with Crippen LogP contribution in [-0.2, 0) is 11.3 Å². The summed E-state index contributed by atoms with van der Waals surface area (Å²) < 4.78 is 13.6. The third-order valence-corrected chi connectivity index (χ3v) is 4.14. The first kappa shape index (κ1) is 15.3. The maximum absolute atomic E-state index is 13.6. The van der Waals surface area contributed by atoms with Gasteiger partial charge in [0.15, 0.2) is 0 Å². The Morgan fingerprint density at radius 1 is 1.55 bits per heavy atom. The molecular weight excluding hydrogens is 281 g/mol. The Morgan fingerprint density at radius 3 is 3.00 bits per heavy atom. The van der Waals surface area contributed by atoms with Gasteiger partial charge >= 0.3 is 5.97 Å². The molecule has 1 N–H and O–H groups in total. The highest BCUT2D eigenvalue weighted by Crippen LogP contribution is 2.25. The predicted octanol–water partition coefficient (Wildman–Crippen LogP) is 3.47. The van der Waals surface area contributed by atoms with E-state index in [2.05, 4.69) is 4.90 Å². The quantitative estimate of drug-likeness (QED) is 0.925. The molecule has 0 bridgehead atoms. The monoisotopic (exact) mass is 299 g/mol. The van der Waals surface area contributed by atoms with Crippen molar-refractivity contribution in [3.63, 3.8) is 0 Å². The van der Waals surface area contributed by atoms with Gasteiger partial charge in [-0.05, 0) is 55.5 Å². The molecule has 0 aliphatic carbocycles. The highest BCUT2D eigenvalue weighted by atomic mass is 35.5. The van der Waals surface area contributed by atoms with Gasteiger partial charge in [-0.15, -0.1) is 0 Å². The van der Waals surface area contributed by atoms with Crippen LogP contribution in [0.25, 0.3) is 0 Å². The van der Waals surface area contributed by atoms with E-state index in [9.17, 15) is 9.18 Å². The molecule has 1 saturated heterocycles. The van der Waals surface area contributed by atoms with Crippen LogP contribution in [0.5, 0.6) is 0 Å². The molecule has 1 aliphatic rings. The van der Waals surface area contributed by atoms with Crippen molar-refractivity contribution in [3.8, 4) is 0 Å². The minimum atomic E-state index is -0.753. The molecule has 0 aromatic heterocycles. The number of nitrogens with zero attached hydrogens (tertiary/aromatic N) is 1. The number of likely N-dealkylation sites (tertiary alicyclic amines) is 1. The third-order valence-electron chi connectivity index (χ3n) is 3.79. The van der Waals surface area contributed by atoms with E-state index in [4.69, 9.17) is 16.7 Å². The Kier molecular flexibility index (Phi) is 5.00. The molecule has 20 heavy (non-hydrogen) atoms. The first-order chi connectivity index (χ1) is 9.45. The number of carbonyl (C=O) groups is 1. The highest BCUT2D eigenvalue weighted by molar-refractivity contribution is 6.31. The van der Waals surface area contributed by atoms with Gasteiger partial charge in [-0.1, -0.05) is 11.6 Å². The van der Waals surface area contributed by atoms with Crippen LogP contribution in [0.15, 0.2) is 12.1 Å². The molecule has 110 valence electrons. The lowest BCUT2D eigenvalue weighted by atomic mass is 9.94. The van der Waals surface area contributed by atoms with E-state index in [1.165, 1.54) is 6.07 Å². The first-order valence-corrected chi connectivity index (χ1v) is 7.22. The van der Waals surface area contributed by atoms with Gasteiger partial charge in [0.1, 0.15) is 5.82 Å². The fraction of sp³-hybridized carbons (Fsp3) is 0.533. The summed E-state index contributed by atoms with van der Waals surface area (Å²) in [6, 6.07) is 3.13. The summed E-state index contributed by atoms with van der Waals surface area (Å²) in [5.41, 5.74) is 1.31. The lowest BCUT2D eigenvalue weighted by molar-refractivity contribution is -0.138. The molecule has 0 amide bonds. The molecule has 5 heteroatoms. The summed E-state index contributed by atoms with van der Waals surface area (Å²) >= 11 is 6.15. The predicted molar refractivity (Wildman–Crippen MR) is 76.4 cm³/mol. The Balaban J connectivity index is 2.02. The van der Waals surface area contributed by atoms with E-state index in [-0.39, 0.29) is 18.2 Å². The second-order valence-corrected chi connectivity index (χ2v) is 5.94. The van der Waals surface area contributed by atoms with Crippen LogP contribution in [0.4, 0.5) is 4.39 Å². The number of benzene rings is 1. The highest BCUT2D eigenvalue weighted by Gasteiger charge is 2.22. The number of hydrogen-bond donors (Lipinski definition) is 1. The van der Waals surface area contributed by atoms with E-state index in [1.807, 2.05) is 0 Å².